The number of nitrogens with zero attached hydrogens (tertiary/aromatic N) is 1. The number of aliphatic imine (C=N–C) groups is 1. The summed E-state index contributed by atoms with van der Waals surface area (Å²) in [4.78, 5) is 4.26. The van der Waals surface area contributed by atoms with E-state index in [2.05, 4.69) is 45.2 Å². The summed E-state index contributed by atoms with van der Waals surface area (Å²) in [6.45, 7) is 2.98. The molecule has 2 aromatic rings. The van der Waals surface area contributed by atoms with Gasteiger partial charge in [0, 0.05) is 44.5 Å². The number of hydrogen-bond donors (Lipinski definition) is 3. The Morgan fingerprint density at radius 3 is 2.50 bits per heavy atom. The van der Waals surface area contributed by atoms with Gasteiger partial charge < -0.3 is 20.7 Å². The van der Waals surface area contributed by atoms with Crippen LogP contribution in [0.15, 0.2) is 53.5 Å². The van der Waals surface area contributed by atoms with Crippen LogP contribution in [0.25, 0.3) is 0 Å². The van der Waals surface area contributed by atoms with E-state index in [9.17, 15) is 0 Å². The number of guanidine groups is 1. The number of anilines is 1. The molecule has 0 heterocycles. The number of halogens is 1. The summed E-state index contributed by atoms with van der Waals surface area (Å²) in [5.74, 6) is 0.777. The van der Waals surface area contributed by atoms with Crippen LogP contribution in [-0.2, 0) is 17.7 Å². The third-order valence-electron chi connectivity index (χ3n) is 3.92. The molecule has 6 heteroatoms. The topological polar surface area (TPSA) is 57.7 Å². The van der Waals surface area contributed by atoms with E-state index in [0.717, 1.165) is 41.7 Å². The van der Waals surface area contributed by atoms with E-state index in [1.165, 1.54) is 5.56 Å². The first-order chi connectivity index (χ1) is 12.7. The lowest BCUT2D eigenvalue weighted by atomic mass is 10.1. The molecular formula is C20H27ClN4O. The maximum Gasteiger partial charge on any atom is 0.191 e. The Morgan fingerprint density at radius 1 is 1.04 bits per heavy atom. The molecule has 0 aromatic heterocycles. The van der Waals surface area contributed by atoms with E-state index in [1.807, 2.05) is 24.3 Å². The van der Waals surface area contributed by atoms with Gasteiger partial charge in [-0.25, -0.2) is 0 Å². The van der Waals surface area contributed by atoms with Crippen LogP contribution in [0.2, 0.25) is 5.02 Å². The second kappa shape index (κ2) is 11.4. The minimum Gasteiger partial charge on any atom is -0.383 e. The van der Waals surface area contributed by atoms with Gasteiger partial charge in [-0.3, -0.25) is 4.99 Å². The molecular weight excluding hydrogens is 348 g/mol. The lowest BCUT2D eigenvalue weighted by Crippen LogP contribution is -2.37. The SMILES string of the molecule is CN=C(NCCc1ccccc1Cl)NCc1ccc(NCCOC)cc1. The van der Waals surface area contributed by atoms with E-state index < -0.39 is 0 Å². The largest absolute Gasteiger partial charge is 0.383 e. The van der Waals surface area contributed by atoms with Crippen molar-refractivity contribution >= 4 is 23.2 Å². The number of ether oxygens (including phenoxy) is 1. The molecule has 0 saturated heterocycles. The summed E-state index contributed by atoms with van der Waals surface area (Å²) in [7, 11) is 3.47. The standard InChI is InChI=1S/C20H27ClN4O/c1-22-20(24-12-11-17-5-3-4-6-19(17)21)25-15-16-7-9-18(10-8-16)23-13-14-26-2/h3-10,23H,11-15H2,1-2H3,(H2,22,24,25). The molecule has 0 aliphatic rings. The summed E-state index contributed by atoms with van der Waals surface area (Å²) < 4.78 is 5.03. The van der Waals surface area contributed by atoms with Gasteiger partial charge >= 0.3 is 0 Å². The zero-order valence-electron chi connectivity index (χ0n) is 15.4. The van der Waals surface area contributed by atoms with Gasteiger partial charge in [0.05, 0.1) is 6.61 Å². The lowest BCUT2D eigenvalue weighted by Gasteiger charge is -2.13. The van der Waals surface area contributed by atoms with Crippen LogP contribution in [0, 0.1) is 0 Å². The Balaban J connectivity index is 1.73. The van der Waals surface area contributed by atoms with Crippen molar-refractivity contribution in [2.24, 2.45) is 4.99 Å². The Labute approximate surface area is 160 Å². The first-order valence-corrected chi connectivity index (χ1v) is 9.10. The Kier molecular flexibility index (Phi) is 8.79. The molecule has 2 aromatic carbocycles. The van der Waals surface area contributed by atoms with E-state index in [-0.39, 0.29) is 0 Å². The molecule has 3 N–H and O–H groups in total. The Hall–Kier alpha value is -2.24. The summed E-state index contributed by atoms with van der Waals surface area (Å²) >= 11 is 6.18. The molecule has 0 fully saturated rings. The average molecular weight is 375 g/mol. The molecule has 0 aliphatic heterocycles. The van der Waals surface area contributed by atoms with E-state index in [0.29, 0.717) is 13.2 Å². The number of hydrogen-bond acceptors (Lipinski definition) is 3. The fourth-order valence-electron chi connectivity index (χ4n) is 2.46. The molecule has 0 atom stereocenters. The van der Waals surface area contributed by atoms with Crippen molar-refractivity contribution < 1.29 is 4.74 Å². The molecule has 5 nitrogen and oxygen atoms in total. The molecule has 0 spiro atoms. The van der Waals surface area contributed by atoms with Gasteiger partial charge in [-0.05, 0) is 35.7 Å². The maximum absolute atomic E-state index is 6.18. The molecule has 0 bridgehead atoms. The highest BCUT2D eigenvalue weighted by atomic mass is 35.5. The highest BCUT2D eigenvalue weighted by Crippen LogP contribution is 2.14. The number of benzene rings is 2. The third kappa shape index (κ3) is 6.94. The lowest BCUT2D eigenvalue weighted by molar-refractivity contribution is 0.211. The molecule has 26 heavy (non-hydrogen) atoms. The average Bonchev–Trinajstić information content (AvgIpc) is 2.67. The van der Waals surface area contributed by atoms with Crippen molar-refractivity contribution in [3.63, 3.8) is 0 Å². The van der Waals surface area contributed by atoms with Gasteiger partial charge in [0.25, 0.3) is 0 Å². The molecule has 0 radical (unpaired) electrons. The van der Waals surface area contributed by atoms with Crippen LogP contribution in [0.3, 0.4) is 0 Å². The van der Waals surface area contributed by atoms with E-state index >= 15 is 0 Å². The van der Waals surface area contributed by atoms with Gasteiger partial charge in [0.2, 0.25) is 0 Å². The minimum absolute atomic E-state index is 0.694. The van der Waals surface area contributed by atoms with Gasteiger partial charge in [0.1, 0.15) is 0 Å². The predicted molar refractivity (Wildman–Crippen MR) is 110 cm³/mol. The fourth-order valence-corrected chi connectivity index (χ4v) is 2.69. The smallest absolute Gasteiger partial charge is 0.191 e. The molecule has 0 amide bonds. The Morgan fingerprint density at radius 2 is 1.81 bits per heavy atom. The summed E-state index contributed by atoms with van der Waals surface area (Å²) in [6.07, 6.45) is 0.849. The molecule has 0 aliphatic carbocycles. The fraction of sp³-hybridized carbons (Fsp3) is 0.350. The Bertz CT molecular complexity index is 688. The first kappa shape index (κ1) is 20.1. The van der Waals surface area contributed by atoms with E-state index in [1.54, 1.807) is 14.2 Å². The molecule has 0 saturated carbocycles. The third-order valence-corrected chi connectivity index (χ3v) is 4.29. The predicted octanol–water partition coefficient (Wildman–Crippen LogP) is 3.31. The monoisotopic (exact) mass is 374 g/mol. The van der Waals surface area contributed by atoms with Crippen molar-refractivity contribution in [2.45, 2.75) is 13.0 Å². The van der Waals surface area contributed by atoms with Crippen LogP contribution in [-0.4, -0.2) is 39.8 Å². The normalized spacial score (nSPS) is 11.3. The zero-order chi connectivity index (χ0) is 18.6. The maximum atomic E-state index is 6.18. The summed E-state index contributed by atoms with van der Waals surface area (Å²) in [5, 5.41) is 10.7. The van der Waals surface area contributed by atoms with Crippen LogP contribution in [0.5, 0.6) is 0 Å². The second-order valence-electron chi connectivity index (χ2n) is 5.81. The molecule has 0 unspecified atom stereocenters. The van der Waals surface area contributed by atoms with Crippen molar-refractivity contribution in [2.75, 3.05) is 39.2 Å². The second-order valence-corrected chi connectivity index (χ2v) is 6.22. The zero-order valence-corrected chi connectivity index (χ0v) is 16.1. The van der Waals surface area contributed by atoms with Crippen LogP contribution in [0.4, 0.5) is 5.69 Å². The highest BCUT2D eigenvalue weighted by molar-refractivity contribution is 6.31. The van der Waals surface area contributed by atoms with Crippen LogP contribution in [0.1, 0.15) is 11.1 Å². The van der Waals surface area contributed by atoms with Crippen LogP contribution < -0.4 is 16.0 Å². The number of methoxy groups -OCH3 is 1. The van der Waals surface area contributed by atoms with Gasteiger partial charge in [-0.15, -0.1) is 0 Å². The molecule has 140 valence electrons. The number of nitrogens with one attached hydrogen (secondary N) is 3. The summed E-state index contributed by atoms with van der Waals surface area (Å²) in [5.41, 5.74) is 3.41. The highest BCUT2D eigenvalue weighted by Gasteiger charge is 2.01. The van der Waals surface area contributed by atoms with Crippen molar-refractivity contribution in [3.05, 3.63) is 64.7 Å². The van der Waals surface area contributed by atoms with Gasteiger partial charge in [0.15, 0.2) is 5.96 Å². The quantitative estimate of drug-likeness (QED) is 0.358. The van der Waals surface area contributed by atoms with Crippen LogP contribution >= 0.6 is 11.6 Å². The van der Waals surface area contributed by atoms with Crippen molar-refractivity contribution in [1.82, 2.24) is 10.6 Å². The van der Waals surface area contributed by atoms with Gasteiger partial charge in [-0.1, -0.05) is 41.9 Å². The van der Waals surface area contributed by atoms with Gasteiger partial charge in [-0.2, -0.15) is 0 Å². The minimum atomic E-state index is 0.694. The summed E-state index contributed by atoms with van der Waals surface area (Å²) in [6, 6.07) is 16.2. The molecule has 2 rings (SSSR count). The van der Waals surface area contributed by atoms with E-state index in [4.69, 9.17) is 16.3 Å². The number of rotatable bonds is 9. The van der Waals surface area contributed by atoms with Crippen molar-refractivity contribution in [1.29, 1.82) is 0 Å². The van der Waals surface area contributed by atoms with Crippen molar-refractivity contribution in [3.8, 4) is 0 Å². The first-order valence-electron chi connectivity index (χ1n) is 8.72.